The third kappa shape index (κ3) is 2.72. The lowest BCUT2D eigenvalue weighted by Crippen LogP contribution is -2.23. The van der Waals surface area contributed by atoms with Crippen LogP contribution in [0.15, 0.2) is 41.9 Å². The lowest BCUT2D eigenvalue weighted by Gasteiger charge is -2.02. The van der Waals surface area contributed by atoms with E-state index < -0.39 is 0 Å². The van der Waals surface area contributed by atoms with Crippen LogP contribution < -0.4 is 5.32 Å². The number of terminal acetylenes is 1. The quantitative estimate of drug-likeness (QED) is 0.342. The number of fused-ring (bicyclic) bond motifs is 1. The molecule has 0 spiro atoms. The zero-order valence-corrected chi connectivity index (χ0v) is 12.3. The Balaban J connectivity index is 2.12. The standard InChI is InChI=1S/C15H10N8O/c1-2-6-19-15(24)11-5-3-4-10-9-23(21-12(10)11)14-13(20-22-16)17-7-8-18-14/h1,3-5,7-9H,6H2,(H,19,24). The number of aromatic nitrogens is 4. The molecule has 0 fully saturated rings. The molecule has 24 heavy (non-hydrogen) atoms. The van der Waals surface area contributed by atoms with E-state index >= 15 is 0 Å². The third-order valence-corrected chi connectivity index (χ3v) is 3.15. The summed E-state index contributed by atoms with van der Waals surface area (Å²) in [6, 6.07) is 5.20. The number of benzene rings is 1. The molecule has 116 valence electrons. The number of hydrogen-bond acceptors (Lipinski definition) is 5. The summed E-state index contributed by atoms with van der Waals surface area (Å²) in [5.41, 5.74) is 9.48. The van der Waals surface area contributed by atoms with E-state index in [0.717, 1.165) is 5.39 Å². The van der Waals surface area contributed by atoms with Crippen LogP contribution in [0.4, 0.5) is 5.82 Å². The van der Waals surface area contributed by atoms with E-state index in [4.69, 9.17) is 12.0 Å². The summed E-state index contributed by atoms with van der Waals surface area (Å²) in [7, 11) is 0. The molecule has 0 aliphatic rings. The molecular formula is C15H10N8O. The van der Waals surface area contributed by atoms with Gasteiger partial charge in [-0.1, -0.05) is 18.1 Å². The summed E-state index contributed by atoms with van der Waals surface area (Å²) in [6.45, 7) is 0.126. The molecule has 0 saturated carbocycles. The van der Waals surface area contributed by atoms with Crippen LogP contribution in [-0.2, 0) is 0 Å². The van der Waals surface area contributed by atoms with Gasteiger partial charge in [-0.25, -0.2) is 14.6 Å². The highest BCUT2D eigenvalue weighted by Gasteiger charge is 2.15. The molecular weight excluding hydrogens is 308 g/mol. The first-order chi connectivity index (χ1) is 11.7. The van der Waals surface area contributed by atoms with Crippen molar-refractivity contribution < 1.29 is 4.79 Å². The topological polar surface area (TPSA) is 121 Å². The second-order valence-electron chi connectivity index (χ2n) is 4.60. The minimum atomic E-state index is -0.321. The molecule has 0 radical (unpaired) electrons. The van der Waals surface area contributed by atoms with Gasteiger partial charge in [0.05, 0.1) is 12.1 Å². The van der Waals surface area contributed by atoms with E-state index in [0.29, 0.717) is 11.1 Å². The van der Waals surface area contributed by atoms with Gasteiger partial charge in [0.1, 0.15) is 5.52 Å². The van der Waals surface area contributed by atoms with Crippen LogP contribution in [0, 0.1) is 12.3 Å². The normalized spacial score (nSPS) is 9.96. The maximum atomic E-state index is 12.2. The molecule has 9 nitrogen and oxygen atoms in total. The zero-order chi connectivity index (χ0) is 16.9. The molecule has 1 amide bonds. The van der Waals surface area contributed by atoms with Gasteiger partial charge in [0.25, 0.3) is 5.91 Å². The van der Waals surface area contributed by atoms with E-state index in [1.54, 1.807) is 24.4 Å². The summed E-state index contributed by atoms with van der Waals surface area (Å²) in [5.74, 6) is 2.38. The smallest absolute Gasteiger partial charge is 0.254 e. The van der Waals surface area contributed by atoms with Crippen molar-refractivity contribution in [1.29, 1.82) is 0 Å². The number of carbonyl (C=O) groups is 1. The first-order valence-electron chi connectivity index (χ1n) is 6.81. The summed E-state index contributed by atoms with van der Waals surface area (Å²) >= 11 is 0. The third-order valence-electron chi connectivity index (χ3n) is 3.15. The zero-order valence-electron chi connectivity index (χ0n) is 12.3. The molecule has 3 aromatic rings. The molecule has 0 atom stereocenters. The summed E-state index contributed by atoms with van der Waals surface area (Å²) in [5, 5.41) is 11.2. The molecule has 2 aromatic heterocycles. The average molecular weight is 318 g/mol. The molecule has 1 N–H and O–H groups in total. The van der Waals surface area contributed by atoms with Crippen molar-refractivity contribution in [1.82, 2.24) is 25.1 Å². The van der Waals surface area contributed by atoms with Crippen molar-refractivity contribution >= 4 is 22.6 Å². The Kier molecular flexibility index (Phi) is 4.05. The predicted molar refractivity (Wildman–Crippen MR) is 86.6 cm³/mol. The molecule has 9 heteroatoms. The van der Waals surface area contributed by atoms with Crippen LogP contribution >= 0.6 is 0 Å². The molecule has 0 aliphatic heterocycles. The number of azide groups is 1. The number of rotatable bonds is 4. The van der Waals surface area contributed by atoms with Gasteiger partial charge in [0, 0.05) is 28.9 Å². The van der Waals surface area contributed by atoms with E-state index in [1.165, 1.54) is 17.1 Å². The van der Waals surface area contributed by atoms with Gasteiger partial charge >= 0.3 is 0 Å². The Bertz CT molecular complexity index is 1010. The van der Waals surface area contributed by atoms with Gasteiger partial charge in [-0.05, 0) is 16.7 Å². The number of nitrogens with zero attached hydrogens (tertiary/aromatic N) is 7. The highest BCUT2D eigenvalue weighted by molar-refractivity contribution is 6.05. The van der Waals surface area contributed by atoms with Gasteiger partial charge < -0.3 is 5.32 Å². The highest BCUT2D eigenvalue weighted by atomic mass is 16.1. The van der Waals surface area contributed by atoms with Crippen LogP contribution in [0.5, 0.6) is 0 Å². The molecule has 2 heterocycles. The Labute approximate surface area is 136 Å². The van der Waals surface area contributed by atoms with E-state index in [1.807, 2.05) is 0 Å². The molecule has 0 bridgehead atoms. The minimum Gasteiger partial charge on any atom is -0.341 e. The fourth-order valence-corrected chi connectivity index (χ4v) is 2.16. The first-order valence-corrected chi connectivity index (χ1v) is 6.81. The Hall–Kier alpha value is -3.89. The maximum absolute atomic E-state index is 12.2. The van der Waals surface area contributed by atoms with Crippen LogP contribution in [0.1, 0.15) is 10.4 Å². The number of nitrogens with one attached hydrogen (secondary N) is 1. The Morgan fingerprint density at radius 2 is 2.25 bits per heavy atom. The van der Waals surface area contributed by atoms with Crippen LogP contribution in [0.3, 0.4) is 0 Å². The van der Waals surface area contributed by atoms with Gasteiger partial charge in [-0.15, -0.1) is 6.42 Å². The minimum absolute atomic E-state index is 0.0890. The van der Waals surface area contributed by atoms with Gasteiger partial charge in [-0.2, -0.15) is 5.10 Å². The average Bonchev–Trinajstić information content (AvgIpc) is 3.04. The van der Waals surface area contributed by atoms with E-state index in [9.17, 15) is 4.79 Å². The number of amides is 1. The van der Waals surface area contributed by atoms with Crippen molar-refractivity contribution in [2.45, 2.75) is 0 Å². The fourth-order valence-electron chi connectivity index (χ4n) is 2.16. The lowest BCUT2D eigenvalue weighted by molar-refractivity contribution is 0.0960. The maximum Gasteiger partial charge on any atom is 0.254 e. The molecule has 1 aromatic carbocycles. The Morgan fingerprint density at radius 3 is 3.04 bits per heavy atom. The highest BCUT2D eigenvalue weighted by Crippen LogP contribution is 2.22. The number of hydrogen-bond donors (Lipinski definition) is 1. The van der Waals surface area contributed by atoms with Crippen LogP contribution in [0.2, 0.25) is 0 Å². The monoisotopic (exact) mass is 318 g/mol. The van der Waals surface area contributed by atoms with Gasteiger partial charge in [0.2, 0.25) is 0 Å². The van der Waals surface area contributed by atoms with E-state index in [-0.39, 0.29) is 24.1 Å². The predicted octanol–water partition coefficient (Wildman–Crippen LogP) is 2.12. The van der Waals surface area contributed by atoms with Crippen molar-refractivity contribution in [3.8, 4) is 18.2 Å². The van der Waals surface area contributed by atoms with Crippen molar-refractivity contribution in [2.24, 2.45) is 5.11 Å². The molecule has 3 rings (SSSR count). The summed E-state index contributed by atoms with van der Waals surface area (Å²) in [4.78, 5) is 23.0. The van der Waals surface area contributed by atoms with Gasteiger partial charge in [-0.3, -0.25) is 4.79 Å². The second kappa shape index (κ2) is 6.48. The molecule has 0 saturated heterocycles. The molecule has 0 unspecified atom stereocenters. The second-order valence-corrected chi connectivity index (χ2v) is 4.60. The van der Waals surface area contributed by atoms with Crippen molar-refractivity contribution in [2.75, 3.05) is 6.54 Å². The van der Waals surface area contributed by atoms with Crippen LogP contribution in [-0.4, -0.2) is 32.2 Å². The largest absolute Gasteiger partial charge is 0.341 e. The van der Waals surface area contributed by atoms with Crippen molar-refractivity contribution in [3.63, 3.8) is 0 Å². The Morgan fingerprint density at radius 1 is 1.42 bits per heavy atom. The summed E-state index contributed by atoms with van der Waals surface area (Å²) in [6.07, 6.45) is 9.70. The fraction of sp³-hybridized carbons (Fsp3) is 0.0667. The summed E-state index contributed by atoms with van der Waals surface area (Å²) < 4.78 is 1.42. The van der Waals surface area contributed by atoms with Crippen molar-refractivity contribution in [3.05, 3.63) is 52.8 Å². The lowest BCUT2D eigenvalue weighted by atomic mass is 10.1. The SMILES string of the molecule is C#CCNC(=O)c1cccc2cn(-c3nccnc3N=[N+]=[N-])nc12. The van der Waals surface area contributed by atoms with Gasteiger partial charge in [0.15, 0.2) is 11.6 Å². The van der Waals surface area contributed by atoms with E-state index in [2.05, 4.69) is 36.3 Å². The number of carbonyl (C=O) groups excluding carboxylic acids is 1. The van der Waals surface area contributed by atoms with Crippen LogP contribution in [0.25, 0.3) is 27.2 Å². The molecule has 0 aliphatic carbocycles. The first kappa shape index (κ1) is 15.0.